The molecule has 5 rings (SSSR count). The molecule has 1 saturated carbocycles. The topological polar surface area (TPSA) is 124 Å². The molecule has 4 N–H and O–H groups in total. The smallest absolute Gasteiger partial charge is 0.271 e. The molecule has 182 valence electrons. The van der Waals surface area contributed by atoms with Crippen LogP contribution in [-0.2, 0) is 9.59 Å². The number of aromatic amines is 1. The maximum Gasteiger partial charge on any atom is 0.271 e. The number of carbonyl (C=O) groups is 3. The third-order valence-corrected chi connectivity index (χ3v) is 8.11. The van der Waals surface area contributed by atoms with Crippen molar-refractivity contribution in [2.75, 3.05) is 26.8 Å². The number of likely N-dealkylation sites (tertiary alicyclic amines) is 1. The second-order valence-electron chi connectivity index (χ2n) is 10.4. The van der Waals surface area contributed by atoms with Crippen LogP contribution in [0, 0.1) is 23.2 Å². The standard InChI is InChI=1S/C25H32N4O5/c1-25(2)16-11-29(24(33)18-10-15-17(28-18)5-4-6-19(15)34-3)21(20(16)25)23(32)27-14(12-30)9-13-7-8-26-22(13)31/h4-6,10,13-14,16,20-21,28,30H,7-9,11-12H2,1-3H3,(H,26,31)(H,27,32)/t13-,14-,16-,20-,21-/m0/s1. The maximum absolute atomic E-state index is 13.6. The molecule has 1 aromatic heterocycles. The zero-order valence-corrected chi connectivity index (χ0v) is 19.8. The van der Waals surface area contributed by atoms with Gasteiger partial charge < -0.3 is 30.4 Å². The molecule has 3 fully saturated rings. The summed E-state index contributed by atoms with van der Waals surface area (Å²) >= 11 is 0. The highest BCUT2D eigenvalue weighted by Crippen LogP contribution is 2.65. The predicted octanol–water partition coefficient (Wildman–Crippen LogP) is 1.28. The Morgan fingerprint density at radius 1 is 1.35 bits per heavy atom. The Morgan fingerprint density at radius 2 is 2.15 bits per heavy atom. The van der Waals surface area contributed by atoms with E-state index in [1.54, 1.807) is 18.1 Å². The van der Waals surface area contributed by atoms with E-state index in [1.807, 2.05) is 18.2 Å². The van der Waals surface area contributed by atoms with E-state index in [2.05, 4.69) is 29.5 Å². The molecule has 2 aliphatic heterocycles. The summed E-state index contributed by atoms with van der Waals surface area (Å²) in [5.74, 6) is 0.237. The first-order chi connectivity index (χ1) is 16.3. The van der Waals surface area contributed by atoms with Crippen LogP contribution in [0.25, 0.3) is 10.9 Å². The molecule has 2 aromatic rings. The van der Waals surface area contributed by atoms with Gasteiger partial charge in [-0.05, 0) is 48.3 Å². The van der Waals surface area contributed by atoms with E-state index in [9.17, 15) is 19.5 Å². The van der Waals surface area contributed by atoms with E-state index in [4.69, 9.17) is 4.74 Å². The highest BCUT2D eigenvalue weighted by Gasteiger charge is 2.69. The summed E-state index contributed by atoms with van der Waals surface area (Å²) in [6.45, 7) is 5.13. The fraction of sp³-hybridized carbons (Fsp3) is 0.560. The minimum atomic E-state index is -0.618. The fourth-order valence-corrected chi connectivity index (χ4v) is 6.05. The lowest BCUT2D eigenvalue weighted by molar-refractivity contribution is -0.128. The number of hydrogen-bond acceptors (Lipinski definition) is 5. The number of amides is 3. The van der Waals surface area contributed by atoms with Crippen LogP contribution >= 0.6 is 0 Å². The van der Waals surface area contributed by atoms with Crippen LogP contribution in [0.2, 0.25) is 0 Å². The second kappa shape index (κ2) is 8.30. The summed E-state index contributed by atoms with van der Waals surface area (Å²) < 4.78 is 5.41. The number of nitrogens with zero attached hydrogens (tertiary/aromatic N) is 1. The number of rotatable bonds is 7. The first-order valence-corrected chi connectivity index (χ1v) is 11.9. The number of aliphatic hydroxyl groups excluding tert-OH is 1. The number of aliphatic hydroxyl groups is 1. The maximum atomic E-state index is 13.6. The Bertz CT molecular complexity index is 1140. The lowest BCUT2D eigenvalue weighted by Crippen LogP contribution is -2.53. The summed E-state index contributed by atoms with van der Waals surface area (Å²) in [6.07, 6.45) is 1.08. The van der Waals surface area contributed by atoms with E-state index >= 15 is 0 Å². The molecule has 3 amide bonds. The van der Waals surface area contributed by atoms with Gasteiger partial charge in [-0.3, -0.25) is 14.4 Å². The lowest BCUT2D eigenvalue weighted by Gasteiger charge is -2.31. The number of hydrogen-bond donors (Lipinski definition) is 4. The molecule has 1 aliphatic carbocycles. The van der Waals surface area contributed by atoms with Gasteiger partial charge in [0.1, 0.15) is 17.5 Å². The van der Waals surface area contributed by atoms with Crippen molar-refractivity contribution in [2.24, 2.45) is 23.2 Å². The molecule has 2 saturated heterocycles. The average Bonchev–Trinajstić information content (AvgIpc) is 3.33. The molecular weight excluding hydrogens is 436 g/mol. The van der Waals surface area contributed by atoms with E-state index in [-0.39, 0.29) is 47.5 Å². The van der Waals surface area contributed by atoms with Gasteiger partial charge in [-0.2, -0.15) is 0 Å². The molecule has 5 atom stereocenters. The zero-order valence-electron chi connectivity index (χ0n) is 19.8. The van der Waals surface area contributed by atoms with E-state index < -0.39 is 12.1 Å². The summed E-state index contributed by atoms with van der Waals surface area (Å²) in [7, 11) is 1.59. The van der Waals surface area contributed by atoms with E-state index in [1.165, 1.54) is 0 Å². The number of aromatic nitrogens is 1. The fourth-order valence-electron chi connectivity index (χ4n) is 6.05. The Hall–Kier alpha value is -3.07. The van der Waals surface area contributed by atoms with Crippen molar-refractivity contribution < 1.29 is 24.2 Å². The molecule has 0 radical (unpaired) electrons. The van der Waals surface area contributed by atoms with Gasteiger partial charge in [-0.25, -0.2) is 0 Å². The molecule has 34 heavy (non-hydrogen) atoms. The molecular formula is C25H32N4O5. The van der Waals surface area contributed by atoms with Gasteiger partial charge in [-0.1, -0.05) is 19.9 Å². The van der Waals surface area contributed by atoms with Crippen molar-refractivity contribution in [3.8, 4) is 5.75 Å². The minimum absolute atomic E-state index is 0.0253. The molecule has 0 spiro atoms. The molecule has 9 nitrogen and oxygen atoms in total. The quantitative estimate of drug-likeness (QED) is 0.487. The van der Waals surface area contributed by atoms with Gasteiger partial charge >= 0.3 is 0 Å². The normalized spacial score (nSPS) is 27.9. The Kier molecular flexibility index (Phi) is 5.55. The van der Waals surface area contributed by atoms with Gasteiger partial charge in [-0.15, -0.1) is 0 Å². The number of benzene rings is 1. The van der Waals surface area contributed by atoms with Crippen LogP contribution in [0.15, 0.2) is 24.3 Å². The Balaban J connectivity index is 1.36. The first kappa shape index (κ1) is 22.7. The molecule has 1 aromatic carbocycles. The van der Waals surface area contributed by atoms with Crippen LogP contribution < -0.4 is 15.4 Å². The van der Waals surface area contributed by atoms with Crippen molar-refractivity contribution in [3.63, 3.8) is 0 Å². The second-order valence-corrected chi connectivity index (χ2v) is 10.4. The number of ether oxygens (including phenoxy) is 1. The van der Waals surface area contributed by atoms with Crippen LogP contribution in [0.5, 0.6) is 5.75 Å². The number of H-pyrrole nitrogens is 1. The summed E-state index contributed by atoms with van der Waals surface area (Å²) in [5, 5.41) is 16.4. The Morgan fingerprint density at radius 3 is 2.82 bits per heavy atom. The molecule has 3 heterocycles. The van der Waals surface area contributed by atoms with Crippen LogP contribution in [0.3, 0.4) is 0 Å². The van der Waals surface area contributed by atoms with Crippen LogP contribution in [0.4, 0.5) is 0 Å². The van der Waals surface area contributed by atoms with Gasteiger partial charge in [0.2, 0.25) is 11.8 Å². The highest BCUT2D eigenvalue weighted by atomic mass is 16.5. The summed E-state index contributed by atoms with van der Waals surface area (Å²) in [5.41, 5.74) is 1.18. The van der Waals surface area contributed by atoms with Gasteiger partial charge in [0.25, 0.3) is 5.91 Å². The van der Waals surface area contributed by atoms with Gasteiger partial charge in [0, 0.05) is 29.9 Å². The molecule has 0 bridgehead atoms. The van der Waals surface area contributed by atoms with Crippen molar-refractivity contribution >= 4 is 28.6 Å². The summed E-state index contributed by atoms with van der Waals surface area (Å²) in [4.78, 5) is 43.8. The van der Waals surface area contributed by atoms with Crippen LogP contribution in [-0.4, -0.2) is 71.6 Å². The number of nitrogens with one attached hydrogen (secondary N) is 3. The first-order valence-electron chi connectivity index (χ1n) is 11.9. The predicted molar refractivity (Wildman–Crippen MR) is 125 cm³/mol. The van der Waals surface area contributed by atoms with E-state index in [0.29, 0.717) is 37.4 Å². The molecule has 3 aliphatic rings. The monoisotopic (exact) mass is 468 g/mol. The molecule has 9 heteroatoms. The number of carbonyl (C=O) groups excluding carboxylic acids is 3. The number of piperidine rings is 1. The highest BCUT2D eigenvalue weighted by molar-refractivity contribution is 6.02. The third-order valence-electron chi connectivity index (χ3n) is 8.11. The van der Waals surface area contributed by atoms with Crippen LogP contribution in [0.1, 0.15) is 37.2 Å². The number of methoxy groups -OCH3 is 1. The SMILES string of the molecule is COc1cccc2[nH]c(C(=O)N3C[C@H]4[C@@H]([C@H]3C(=O)N[C@H](CO)C[C@@H]3CCNC3=O)C4(C)C)cc12. The minimum Gasteiger partial charge on any atom is -0.496 e. The van der Waals surface area contributed by atoms with Gasteiger partial charge in [0.15, 0.2) is 0 Å². The third kappa shape index (κ3) is 3.62. The lowest BCUT2D eigenvalue weighted by atomic mass is 9.97. The number of fused-ring (bicyclic) bond motifs is 2. The molecule has 0 unspecified atom stereocenters. The summed E-state index contributed by atoms with van der Waals surface area (Å²) in [6, 6.07) is 6.21. The van der Waals surface area contributed by atoms with Gasteiger partial charge in [0.05, 0.1) is 19.8 Å². The van der Waals surface area contributed by atoms with Crippen molar-refractivity contribution in [2.45, 2.75) is 38.8 Å². The average molecular weight is 469 g/mol. The Labute approximate surface area is 198 Å². The zero-order chi connectivity index (χ0) is 24.2. The van der Waals surface area contributed by atoms with E-state index in [0.717, 1.165) is 10.9 Å². The van der Waals surface area contributed by atoms with Crippen molar-refractivity contribution in [1.82, 2.24) is 20.5 Å². The van der Waals surface area contributed by atoms with Crippen molar-refractivity contribution in [1.29, 1.82) is 0 Å². The van der Waals surface area contributed by atoms with Crippen molar-refractivity contribution in [3.05, 3.63) is 30.0 Å². The largest absolute Gasteiger partial charge is 0.496 e.